The molecule has 4 heterocycles. The van der Waals surface area contributed by atoms with Gasteiger partial charge in [0.15, 0.2) is 5.76 Å². The Kier molecular flexibility index (Phi) is 6.06. The van der Waals surface area contributed by atoms with Gasteiger partial charge in [0.1, 0.15) is 22.0 Å². The molecule has 5 rings (SSSR count). The molecular weight excluding hydrogens is 458 g/mol. The highest BCUT2D eigenvalue weighted by Crippen LogP contribution is 2.33. The molecule has 1 aliphatic rings. The quantitative estimate of drug-likeness (QED) is 0.285. The number of hydrogen-bond acceptors (Lipinski definition) is 8. The van der Waals surface area contributed by atoms with Gasteiger partial charge in [-0.3, -0.25) is 19.7 Å². The molecule has 0 radical (unpaired) electrons. The van der Waals surface area contributed by atoms with Crippen LogP contribution in [-0.2, 0) is 11.3 Å². The zero-order chi connectivity index (χ0) is 24.4. The Morgan fingerprint density at radius 1 is 1.11 bits per heavy atom. The van der Waals surface area contributed by atoms with Crippen molar-refractivity contribution in [2.45, 2.75) is 25.5 Å². The van der Waals surface area contributed by atoms with Gasteiger partial charge in [-0.15, -0.1) is 0 Å². The van der Waals surface area contributed by atoms with Crippen LogP contribution in [0.15, 0.2) is 68.0 Å². The molecule has 0 unspecified atom stereocenters. The molecule has 1 aliphatic heterocycles. The first kappa shape index (κ1) is 22.4. The van der Waals surface area contributed by atoms with Gasteiger partial charge in [-0.2, -0.15) is 0 Å². The third-order valence-corrected chi connectivity index (χ3v) is 5.69. The van der Waals surface area contributed by atoms with Gasteiger partial charge in [-0.05, 0) is 43.2 Å². The van der Waals surface area contributed by atoms with Crippen molar-refractivity contribution in [3.63, 3.8) is 0 Å². The van der Waals surface area contributed by atoms with Gasteiger partial charge in [-0.1, -0.05) is 12.1 Å². The average molecular weight is 479 g/mol. The van der Waals surface area contributed by atoms with E-state index in [2.05, 4.69) is 5.32 Å². The third kappa shape index (κ3) is 4.66. The van der Waals surface area contributed by atoms with Crippen molar-refractivity contribution in [3.05, 3.63) is 82.2 Å². The molecule has 1 N–H and O–H groups in total. The number of benzene rings is 1. The first-order chi connectivity index (χ1) is 17.0. The molecular formula is C24H21N3O8. The lowest BCUT2D eigenvalue weighted by Crippen LogP contribution is -2.37. The standard InChI is InChI=1S/C24H21N3O8/c28-23(19-9-10-20(34-19)27(30)31)25-21-17-7-1-2-8-18(17)35-22(21)24(29)26(13-15-5-3-11-32-15)14-16-6-4-12-33-16/h1-3,5,7-11,16H,4,6,12-14H2,(H,25,28)/t16-/m0/s1. The van der Waals surface area contributed by atoms with E-state index in [4.69, 9.17) is 18.0 Å². The highest BCUT2D eigenvalue weighted by atomic mass is 16.6. The molecule has 3 aromatic heterocycles. The van der Waals surface area contributed by atoms with Crippen molar-refractivity contribution < 1.29 is 32.5 Å². The third-order valence-electron chi connectivity index (χ3n) is 5.69. The molecule has 2 amide bonds. The van der Waals surface area contributed by atoms with Crippen LogP contribution < -0.4 is 5.32 Å². The topological polar surface area (TPSA) is 141 Å². The number of para-hydroxylation sites is 1. The van der Waals surface area contributed by atoms with E-state index in [1.54, 1.807) is 41.3 Å². The molecule has 180 valence electrons. The Labute approximate surface area is 198 Å². The number of nitro groups is 1. The van der Waals surface area contributed by atoms with Crippen LogP contribution in [0.5, 0.6) is 0 Å². The molecule has 4 aromatic rings. The zero-order valence-electron chi connectivity index (χ0n) is 18.5. The molecule has 11 nitrogen and oxygen atoms in total. The zero-order valence-corrected chi connectivity index (χ0v) is 18.5. The van der Waals surface area contributed by atoms with Crippen molar-refractivity contribution in [2.24, 2.45) is 0 Å². The van der Waals surface area contributed by atoms with Crippen LogP contribution in [0, 0.1) is 10.1 Å². The minimum Gasteiger partial charge on any atom is -0.467 e. The largest absolute Gasteiger partial charge is 0.467 e. The molecule has 11 heteroatoms. The first-order valence-electron chi connectivity index (χ1n) is 11.0. The van der Waals surface area contributed by atoms with Gasteiger partial charge in [-0.25, -0.2) is 0 Å². The summed E-state index contributed by atoms with van der Waals surface area (Å²) >= 11 is 0. The molecule has 1 atom stereocenters. The number of ether oxygens (including phenoxy) is 1. The molecule has 1 saturated heterocycles. The van der Waals surface area contributed by atoms with Crippen LogP contribution in [0.25, 0.3) is 11.0 Å². The van der Waals surface area contributed by atoms with Gasteiger partial charge < -0.3 is 28.2 Å². The van der Waals surface area contributed by atoms with Crippen molar-refractivity contribution in [2.75, 3.05) is 18.5 Å². The summed E-state index contributed by atoms with van der Waals surface area (Å²) in [5.74, 6) is -1.55. The average Bonchev–Trinajstić information content (AvgIpc) is 3.66. The van der Waals surface area contributed by atoms with Gasteiger partial charge in [0.25, 0.3) is 11.8 Å². The second-order valence-electron chi connectivity index (χ2n) is 8.05. The summed E-state index contributed by atoms with van der Waals surface area (Å²) in [6.45, 7) is 1.13. The summed E-state index contributed by atoms with van der Waals surface area (Å²) in [6, 6.07) is 12.6. The number of nitrogens with zero attached hydrogens (tertiary/aromatic N) is 2. The van der Waals surface area contributed by atoms with E-state index in [0.29, 0.717) is 29.9 Å². The summed E-state index contributed by atoms with van der Waals surface area (Å²) in [4.78, 5) is 38.3. The maximum Gasteiger partial charge on any atom is 0.433 e. The van der Waals surface area contributed by atoms with Crippen LogP contribution in [0.1, 0.15) is 39.7 Å². The maximum atomic E-state index is 13.7. The number of carbonyl (C=O) groups excluding carboxylic acids is 2. The molecule has 0 aliphatic carbocycles. The van der Waals surface area contributed by atoms with Gasteiger partial charge in [0.05, 0.1) is 25.0 Å². The summed E-state index contributed by atoms with van der Waals surface area (Å²) in [5.41, 5.74) is 0.540. The molecule has 35 heavy (non-hydrogen) atoms. The number of nitrogens with one attached hydrogen (secondary N) is 1. The summed E-state index contributed by atoms with van der Waals surface area (Å²) in [5, 5.41) is 14.1. The lowest BCUT2D eigenvalue weighted by atomic mass is 10.2. The Hall–Kier alpha value is -4.38. The van der Waals surface area contributed by atoms with Crippen molar-refractivity contribution >= 4 is 34.4 Å². The number of fused-ring (bicyclic) bond motifs is 1. The van der Waals surface area contributed by atoms with Crippen LogP contribution in [0.2, 0.25) is 0 Å². The number of furan rings is 3. The highest BCUT2D eigenvalue weighted by molar-refractivity contribution is 6.13. The number of rotatable bonds is 8. The van der Waals surface area contributed by atoms with E-state index in [0.717, 1.165) is 18.9 Å². The smallest absolute Gasteiger partial charge is 0.433 e. The fraction of sp³-hybridized carbons (Fsp3) is 0.250. The second-order valence-corrected chi connectivity index (χ2v) is 8.05. The maximum absolute atomic E-state index is 13.7. The monoisotopic (exact) mass is 479 g/mol. The predicted molar refractivity (Wildman–Crippen MR) is 122 cm³/mol. The van der Waals surface area contributed by atoms with Gasteiger partial charge in [0, 0.05) is 18.5 Å². The van der Waals surface area contributed by atoms with Gasteiger partial charge >= 0.3 is 5.88 Å². The van der Waals surface area contributed by atoms with Crippen molar-refractivity contribution in [1.29, 1.82) is 0 Å². The van der Waals surface area contributed by atoms with Crippen LogP contribution >= 0.6 is 0 Å². The SMILES string of the molecule is O=C(Nc1c(C(=O)N(Cc2ccco2)C[C@@H]2CCCO2)oc2ccccc12)c1ccc([N+](=O)[O-])o1. The van der Waals surface area contributed by atoms with Crippen LogP contribution in [-0.4, -0.2) is 40.9 Å². The van der Waals surface area contributed by atoms with E-state index in [9.17, 15) is 19.7 Å². The lowest BCUT2D eigenvalue weighted by molar-refractivity contribution is -0.402. The molecule has 0 spiro atoms. The normalized spacial score (nSPS) is 15.4. The molecule has 1 fully saturated rings. The molecule has 0 bridgehead atoms. The molecule has 1 aromatic carbocycles. The summed E-state index contributed by atoms with van der Waals surface area (Å²) in [7, 11) is 0. The minimum absolute atomic E-state index is 0.0786. The molecule has 0 saturated carbocycles. The van der Waals surface area contributed by atoms with Crippen LogP contribution in [0.4, 0.5) is 11.6 Å². The highest BCUT2D eigenvalue weighted by Gasteiger charge is 2.30. The lowest BCUT2D eigenvalue weighted by Gasteiger charge is -2.24. The fourth-order valence-electron chi connectivity index (χ4n) is 4.03. The fourth-order valence-corrected chi connectivity index (χ4v) is 4.03. The van der Waals surface area contributed by atoms with Crippen molar-refractivity contribution in [1.82, 2.24) is 4.90 Å². The van der Waals surface area contributed by atoms with E-state index >= 15 is 0 Å². The first-order valence-corrected chi connectivity index (χ1v) is 11.0. The minimum atomic E-state index is -0.754. The van der Waals surface area contributed by atoms with Crippen LogP contribution in [0.3, 0.4) is 0 Å². The summed E-state index contributed by atoms with van der Waals surface area (Å²) < 4.78 is 22.1. The Morgan fingerprint density at radius 3 is 2.69 bits per heavy atom. The number of anilines is 1. The predicted octanol–water partition coefficient (Wildman–Crippen LogP) is 4.60. The second kappa shape index (κ2) is 9.47. The number of hydrogen-bond donors (Lipinski definition) is 1. The number of amides is 2. The van der Waals surface area contributed by atoms with Gasteiger partial charge in [0.2, 0.25) is 5.76 Å². The van der Waals surface area contributed by atoms with Crippen molar-refractivity contribution in [3.8, 4) is 0 Å². The summed E-state index contributed by atoms with van der Waals surface area (Å²) in [6.07, 6.45) is 3.14. The van der Waals surface area contributed by atoms with E-state index in [1.165, 1.54) is 12.3 Å². The Bertz CT molecular complexity index is 1360. The number of carbonyl (C=O) groups is 2. The van der Waals surface area contributed by atoms with E-state index in [-0.39, 0.29) is 29.9 Å². The van der Waals surface area contributed by atoms with E-state index in [1.807, 2.05) is 0 Å². The Morgan fingerprint density at radius 2 is 1.97 bits per heavy atom. The Balaban J connectivity index is 1.48. The van der Waals surface area contributed by atoms with E-state index < -0.39 is 22.6 Å².